The first-order chi connectivity index (χ1) is 14.4. The molecule has 7 nitrogen and oxygen atoms in total. The van der Waals surface area contributed by atoms with Crippen molar-refractivity contribution in [1.29, 1.82) is 0 Å². The van der Waals surface area contributed by atoms with Crippen LogP contribution >= 0.6 is 0 Å². The lowest BCUT2D eigenvalue weighted by Gasteiger charge is -2.14. The van der Waals surface area contributed by atoms with Gasteiger partial charge in [0.2, 0.25) is 11.8 Å². The molecule has 0 saturated heterocycles. The molecule has 2 amide bonds. The van der Waals surface area contributed by atoms with Crippen molar-refractivity contribution in [3.8, 4) is 11.5 Å². The number of carbonyl (C=O) groups excluding carboxylic acids is 2. The van der Waals surface area contributed by atoms with Gasteiger partial charge in [-0.05, 0) is 62.6 Å². The molecule has 0 unspecified atom stereocenters. The average Bonchev–Trinajstić information content (AvgIpc) is 2.70. The van der Waals surface area contributed by atoms with Crippen LogP contribution in [0, 0.1) is 0 Å². The van der Waals surface area contributed by atoms with Crippen molar-refractivity contribution >= 4 is 23.7 Å². The maximum Gasteiger partial charge on any atom is 0.249 e. The molecule has 0 aliphatic rings. The lowest BCUT2D eigenvalue weighted by Crippen LogP contribution is -2.25. The number of nitrogens with zero attached hydrogens (tertiary/aromatic N) is 1. The molecule has 2 N–H and O–H groups in total. The van der Waals surface area contributed by atoms with Gasteiger partial charge < -0.3 is 14.8 Å². The summed E-state index contributed by atoms with van der Waals surface area (Å²) in [5, 5.41) is 6.69. The fourth-order valence-corrected chi connectivity index (χ4v) is 2.73. The molecule has 2 aromatic carbocycles. The fourth-order valence-electron chi connectivity index (χ4n) is 2.73. The molecular formula is C23H29N3O4. The minimum Gasteiger partial charge on any atom is -0.490 e. The molecule has 30 heavy (non-hydrogen) atoms. The van der Waals surface area contributed by atoms with Gasteiger partial charge in [0.05, 0.1) is 18.9 Å². The van der Waals surface area contributed by atoms with Crippen LogP contribution in [0.4, 0.5) is 5.69 Å². The topological polar surface area (TPSA) is 89.0 Å². The first-order valence-corrected chi connectivity index (χ1v) is 10.1. The van der Waals surface area contributed by atoms with Crippen LogP contribution in [0.25, 0.3) is 0 Å². The first-order valence-electron chi connectivity index (χ1n) is 10.1. The lowest BCUT2D eigenvalue weighted by molar-refractivity contribution is -0.126. The number of nitrogens with one attached hydrogen (secondary N) is 2. The van der Waals surface area contributed by atoms with Gasteiger partial charge in [-0.25, -0.2) is 5.43 Å². The lowest BCUT2D eigenvalue weighted by atomic mass is 10.1. The molecular weight excluding hydrogens is 382 g/mol. The van der Waals surface area contributed by atoms with Crippen molar-refractivity contribution < 1.29 is 19.1 Å². The van der Waals surface area contributed by atoms with Crippen molar-refractivity contribution in [3.63, 3.8) is 0 Å². The normalized spacial score (nSPS) is 10.8. The van der Waals surface area contributed by atoms with Gasteiger partial charge in [0.1, 0.15) is 6.42 Å². The van der Waals surface area contributed by atoms with E-state index in [0.29, 0.717) is 23.8 Å². The maximum atomic E-state index is 12.1. The summed E-state index contributed by atoms with van der Waals surface area (Å²) in [7, 11) is 0. The standard InChI is InChI=1S/C23H29N3O4/c1-5-18-9-7-8-10-19(18)25-22(27)14-23(28)26-24-15-17-11-12-20(30-16(3)4)21(13-17)29-6-2/h7-13,15-16H,5-6,14H2,1-4H3,(H,25,27)(H,26,28). The van der Waals surface area contributed by atoms with Crippen LogP contribution in [-0.2, 0) is 16.0 Å². The highest BCUT2D eigenvalue weighted by Gasteiger charge is 2.11. The summed E-state index contributed by atoms with van der Waals surface area (Å²) in [4.78, 5) is 24.1. The summed E-state index contributed by atoms with van der Waals surface area (Å²) in [5.74, 6) is 0.368. The SMILES string of the molecule is CCOc1cc(C=NNC(=O)CC(=O)Nc2ccccc2CC)ccc1OC(C)C. The van der Waals surface area contributed by atoms with E-state index in [-0.39, 0.29) is 12.5 Å². The van der Waals surface area contributed by atoms with E-state index >= 15 is 0 Å². The second-order valence-corrected chi connectivity index (χ2v) is 6.83. The van der Waals surface area contributed by atoms with E-state index in [1.165, 1.54) is 6.21 Å². The summed E-state index contributed by atoms with van der Waals surface area (Å²) in [5.41, 5.74) is 4.83. The summed E-state index contributed by atoms with van der Waals surface area (Å²) in [6.07, 6.45) is 1.99. The van der Waals surface area contributed by atoms with Crippen molar-refractivity contribution in [2.75, 3.05) is 11.9 Å². The summed E-state index contributed by atoms with van der Waals surface area (Å²) in [6.45, 7) is 8.28. The zero-order valence-electron chi connectivity index (χ0n) is 17.9. The largest absolute Gasteiger partial charge is 0.490 e. The molecule has 0 radical (unpaired) electrons. The van der Waals surface area contributed by atoms with Gasteiger partial charge in [-0.2, -0.15) is 5.10 Å². The molecule has 160 valence electrons. The Kier molecular flexibility index (Phi) is 8.87. The van der Waals surface area contributed by atoms with Gasteiger partial charge in [-0.15, -0.1) is 0 Å². The number of carbonyl (C=O) groups is 2. The smallest absolute Gasteiger partial charge is 0.249 e. The molecule has 0 aliphatic heterocycles. The predicted molar refractivity (Wildman–Crippen MR) is 118 cm³/mol. The molecule has 0 atom stereocenters. The van der Waals surface area contributed by atoms with E-state index in [2.05, 4.69) is 15.8 Å². The molecule has 0 heterocycles. The minimum absolute atomic E-state index is 0.0263. The van der Waals surface area contributed by atoms with E-state index in [0.717, 1.165) is 17.5 Å². The van der Waals surface area contributed by atoms with E-state index in [1.807, 2.05) is 58.0 Å². The summed E-state index contributed by atoms with van der Waals surface area (Å²) >= 11 is 0. The molecule has 7 heteroatoms. The van der Waals surface area contributed by atoms with Crippen molar-refractivity contribution in [2.45, 2.75) is 46.6 Å². The van der Waals surface area contributed by atoms with Crippen LogP contribution in [0.3, 0.4) is 0 Å². The van der Waals surface area contributed by atoms with Crippen LogP contribution in [0.2, 0.25) is 0 Å². The highest BCUT2D eigenvalue weighted by molar-refractivity contribution is 6.04. The number of para-hydroxylation sites is 1. The quantitative estimate of drug-likeness (QED) is 0.352. The van der Waals surface area contributed by atoms with Crippen LogP contribution in [0.15, 0.2) is 47.6 Å². The monoisotopic (exact) mass is 411 g/mol. The Labute approximate surface area is 177 Å². The Balaban J connectivity index is 1.92. The molecule has 0 aromatic heterocycles. The molecule has 0 bridgehead atoms. The van der Waals surface area contributed by atoms with Crippen molar-refractivity contribution in [2.24, 2.45) is 5.10 Å². The zero-order chi connectivity index (χ0) is 21.9. The molecule has 0 spiro atoms. The van der Waals surface area contributed by atoms with Crippen LogP contribution < -0.4 is 20.2 Å². The third-order valence-corrected chi connectivity index (χ3v) is 4.03. The summed E-state index contributed by atoms with van der Waals surface area (Å²) < 4.78 is 11.3. The Bertz CT molecular complexity index is 894. The minimum atomic E-state index is -0.498. The number of hydrazone groups is 1. The Morgan fingerprint density at radius 1 is 1.07 bits per heavy atom. The second kappa shape index (κ2) is 11.6. The number of hydrogen-bond donors (Lipinski definition) is 2. The van der Waals surface area contributed by atoms with E-state index in [9.17, 15) is 9.59 Å². The van der Waals surface area contributed by atoms with E-state index < -0.39 is 11.8 Å². The van der Waals surface area contributed by atoms with Crippen LogP contribution in [0.5, 0.6) is 11.5 Å². The van der Waals surface area contributed by atoms with Gasteiger partial charge in [0, 0.05) is 5.69 Å². The van der Waals surface area contributed by atoms with Crippen molar-refractivity contribution in [3.05, 3.63) is 53.6 Å². The maximum absolute atomic E-state index is 12.1. The van der Waals surface area contributed by atoms with E-state index in [4.69, 9.17) is 9.47 Å². The zero-order valence-corrected chi connectivity index (χ0v) is 17.9. The number of ether oxygens (including phenoxy) is 2. The fraction of sp³-hybridized carbons (Fsp3) is 0.348. The highest BCUT2D eigenvalue weighted by Crippen LogP contribution is 2.28. The number of aryl methyl sites for hydroxylation is 1. The van der Waals surface area contributed by atoms with Crippen molar-refractivity contribution in [1.82, 2.24) is 5.43 Å². The van der Waals surface area contributed by atoms with Gasteiger partial charge in [0.15, 0.2) is 11.5 Å². The van der Waals surface area contributed by atoms with Gasteiger partial charge in [-0.3, -0.25) is 9.59 Å². The Morgan fingerprint density at radius 2 is 1.83 bits per heavy atom. The average molecular weight is 412 g/mol. The van der Waals surface area contributed by atoms with Crippen LogP contribution in [-0.4, -0.2) is 30.7 Å². The number of hydrogen-bond acceptors (Lipinski definition) is 5. The third-order valence-electron chi connectivity index (χ3n) is 4.03. The first kappa shape index (κ1) is 22.9. The second-order valence-electron chi connectivity index (χ2n) is 6.83. The number of benzene rings is 2. The molecule has 0 aliphatic carbocycles. The van der Waals surface area contributed by atoms with Gasteiger partial charge in [-0.1, -0.05) is 25.1 Å². The highest BCUT2D eigenvalue weighted by atomic mass is 16.5. The number of anilines is 1. The predicted octanol–water partition coefficient (Wildman–Crippen LogP) is 3.91. The molecule has 2 aromatic rings. The van der Waals surface area contributed by atoms with E-state index in [1.54, 1.807) is 12.1 Å². The summed E-state index contributed by atoms with van der Waals surface area (Å²) in [6, 6.07) is 12.9. The molecule has 0 saturated carbocycles. The number of rotatable bonds is 10. The Hall–Kier alpha value is -3.35. The van der Waals surface area contributed by atoms with Gasteiger partial charge in [0.25, 0.3) is 0 Å². The Morgan fingerprint density at radius 3 is 2.53 bits per heavy atom. The third kappa shape index (κ3) is 7.24. The number of amides is 2. The van der Waals surface area contributed by atoms with Gasteiger partial charge >= 0.3 is 0 Å². The molecule has 0 fully saturated rings. The molecule has 2 rings (SSSR count). The van der Waals surface area contributed by atoms with Crippen LogP contribution in [0.1, 0.15) is 45.2 Å².